The van der Waals surface area contributed by atoms with E-state index in [0.717, 1.165) is 19.3 Å². The lowest BCUT2D eigenvalue weighted by Crippen LogP contribution is -2.42. The second-order valence-electron chi connectivity index (χ2n) is 4.99. The maximum Gasteiger partial charge on any atom is 0.244 e. The van der Waals surface area contributed by atoms with Crippen LogP contribution in [0.15, 0.2) is 27.6 Å². The molecule has 1 aromatic carbocycles. The number of nitrogens with zero attached hydrogens (tertiary/aromatic N) is 1. The molecule has 0 radical (unpaired) electrons. The molecular formula is C13H19BrN2O3S. The molecule has 0 amide bonds. The van der Waals surface area contributed by atoms with Crippen molar-refractivity contribution < 1.29 is 13.5 Å². The number of halogens is 1. The Bertz CT molecular complexity index is 577. The molecule has 0 saturated carbocycles. The van der Waals surface area contributed by atoms with Crippen LogP contribution in [0.3, 0.4) is 0 Å². The Balaban J connectivity index is 2.41. The van der Waals surface area contributed by atoms with Gasteiger partial charge in [-0.05, 0) is 47.0 Å². The maximum absolute atomic E-state index is 12.8. The first-order valence-corrected chi connectivity index (χ1v) is 8.88. The van der Waals surface area contributed by atoms with E-state index in [0.29, 0.717) is 23.1 Å². The Kier molecular flexibility index (Phi) is 5.06. The van der Waals surface area contributed by atoms with Crippen molar-refractivity contribution in [3.8, 4) is 0 Å². The van der Waals surface area contributed by atoms with Crippen LogP contribution in [-0.4, -0.2) is 37.0 Å². The number of anilines is 1. The summed E-state index contributed by atoms with van der Waals surface area (Å²) < 4.78 is 27.5. The van der Waals surface area contributed by atoms with E-state index in [1.165, 1.54) is 10.4 Å². The molecule has 1 unspecified atom stereocenters. The molecule has 112 valence electrons. The van der Waals surface area contributed by atoms with Crippen molar-refractivity contribution >= 4 is 31.6 Å². The van der Waals surface area contributed by atoms with Crippen LogP contribution in [0.1, 0.15) is 25.7 Å². The highest BCUT2D eigenvalue weighted by molar-refractivity contribution is 9.10. The summed E-state index contributed by atoms with van der Waals surface area (Å²) in [5.74, 6) is 0. The molecule has 1 aromatic rings. The van der Waals surface area contributed by atoms with Crippen molar-refractivity contribution in [1.29, 1.82) is 0 Å². The van der Waals surface area contributed by atoms with Crippen molar-refractivity contribution in [3.63, 3.8) is 0 Å². The lowest BCUT2D eigenvalue weighted by molar-refractivity contribution is 0.186. The molecule has 1 aliphatic heterocycles. The van der Waals surface area contributed by atoms with Crippen molar-refractivity contribution in [1.82, 2.24) is 4.31 Å². The molecule has 1 aliphatic rings. The number of nitrogen functional groups attached to an aromatic ring is 1. The summed E-state index contributed by atoms with van der Waals surface area (Å²) in [6.45, 7) is 0.302. The van der Waals surface area contributed by atoms with Crippen molar-refractivity contribution in [2.75, 3.05) is 18.9 Å². The van der Waals surface area contributed by atoms with Crippen LogP contribution in [0.5, 0.6) is 0 Å². The Morgan fingerprint density at radius 3 is 2.75 bits per heavy atom. The SMILES string of the molecule is Nc1ccc(S(=O)(=O)N2CCCCCC2CO)c(Br)c1. The number of nitrogens with two attached hydrogens (primary N) is 1. The molecule has 0 aromatic heterocycles. The molecule has 0 spiro atoms. The van der Waals surface area contributed by atoms with E-state index in [2.05, 4.69) is 15.9 Å². The highest BCUT2D eigenvalue weighted by Gasteiger charge is 2.33. The minimum atomic E-state index is -3.62. The molecule has 1 fully saturated rings. The quantitative estimate of drug-likeness (QED) is 0.805. The summed E-state index contributed by atoms with van der Waals surface area (Å²) in [7, 11) is -3.62. The molecule has 5 nitrogen and oxygen atoms in total. The van der Waals surface area contributed by atoms with E-state index >= 15 is 0 Å². The Morgan fingerprint density at radius 2 is 2.10 bits per heavy atom. The smallest absolute Gasteiger partial charge is 0.244 e. The number of rotatable bonds is 3. The van der Waals surface area contributed by atoms with Gasteiger partial charge in [0, 0.05) is 22.7 Å². The predicted octanol–water partition coefficient (Wildman–Crippen LogP) is 1.96. The highest BCUT2D eigenvalue weighted by atomic mass is 79.9. The predicted molar refractivity (Wildman–Crippen MR) is 81.8 cm³/mol. The van der Waals surface area contributed by atoms with Crippen molar-refractivity contribution in [2.45, 2.75) is 36.6 Å². The van der Waals surface area contributed by atoms with E-state index in [9.17, 15) is 13.5 Å². The number of aliphatic hydroxyl groups excluding tert-OH is 1. The lowest BCUT2D eigenvalue weighted by atomic mass is 10.1. The first kappa shape index (κ1) is 15.8. The minimum absolute atomic E-state index is 0.147. The van der Waals surface area contributed by atoms with Gasteiger partial charge in [0.05, 0.1) is 11.5 Å². The number of aliphatic hydroxyl groups is 1. The summed E-state index contributed by atoms with van der Waals surface area (Å²) in [6, 6.07) is 4.32. The molecule has 2 rings (SSSR count). The van der Waals surface area contributed by atoms with Gasteiger partial charge in [0.25, 0.3) is 0 Å². The topological polar surface area (TPSA) is 83.6 Å². The molecule has 0 bridgehead atoms. The molecule has 7 heteroatoms. The summed E-state index contributed by atoms with van der Waals surface area (Å²) in [4.78, 5) is 0.201. The zero-order valence-corrected chi connectivity index (χ0v) is 13.5. The van der Waals surface area contributed by atoms with Crippen LogP contribution in [0, 0.1) is 0 Å². The molecule has 3 N–H and O–H groups in total. The average Bonchev–Trinajstić information content (AvgIpc) is 2.63. The first-order valence-electron chi connectivity index (χ1n) is 6.64. The molecule has 1 atom stereocenters. The minimum Gasteiger partial charge on any atom is -0.399 e. The monoisotopic (exact) mass is 362 g/mol. The summed E-state index contributed by atoms with van der Waals surface area (Å²) in [5.41, 5.74) is 6.15. The average molecular weight is 363 g/mol. The standard InChI is InChI=1S/C13H19BrN2O3S/c14-12-8-10(15)5-6-13(12)20(18,19)16-7-3-1-2-4-11(16)9-17/h5-6,8,11,17H,1-4,7,9,15H2. The van der Waals surface area contributed by atoms with Gasteiger partial charge in [0.1, 0.15) is 0 Å². The van der Waals surface area contributed by atoms with Gasteiger partial charge in [-0.1, -0.05) is 12.8 Å². The molecule has 1 heterocycles. The Labute approximate surface area is 128 Å². The third kappa shape index (κ3) is 3.16. The summed E-state index contributed by atoms with van der Waals surface area (Å²) in [5, 5.41) is 9.47. The van der Waals surface area contributed by atoms with Gasteiger partial charge >= 0.3 is 0 Å². The third-order valence-corrected chi connectivity index (χ3v) is 6.50. The number of benzene rings is 1. The van der Waals surface area contributed by atoms with E-state index in [1.807, 2.05) is 0 Å². The molecular weight excluding hydrogens is 344 g/mol. The second kappa shape index (κ2) is 6.43. The lowest BCUT2D eigenvalue weighted by Gasteiger charge is -2.28. The fourth-order valence-corrected chi connectivity index (χ4v) is 5.24. The Hall–Kier alpha value is -0.630. The van der Waals surface area contributed by atoms with Crippen LogP contribution >= 0.6 is 15.9 Å². The number of hydrogen-bond donors (Lipinski definition) is 2. The zero-order valence-electron chi connectivity index (χ0n) is 11.1. The third-order valence-electron chi connectivity index (χ3n) is 3.58. The highest BCUT2D eigenvalue weighted by Crippen LogP contribution is 2.30. The van der Waals surface area contributed by atoms with E-state index in [-0.39, 0.29) is 17.5 Å². The van der Waals surface area contributed by atoms with Gasteiger partial charge in [-0.2, -0.15) is 4.31 Å². The van der Waals surface area contributed by atoms with Gasteiger partial charge in [-0.25, -0.2) is 8.42 Å². The van der Waals surface area contributed by atoms with Crippen LogP contribution < -0.4 is 5.73 Å². The first-order chi connectivity index (χ1) is 9.46. The van der Waals surface area contributed by atoms with Crippen LogP contribution in [0.2, 0.25) is 0 Å². The van der Waals surface area contributed by atoms with Gasteiger partial charge in [-0.15, -0.1) is 0 Å². The number of sulfonamides is 1. The van der Waals surface area contributed by atoms with Gasteiger partial charge in [0.2, 0.25) is 10.0 Å². The van der Waals surface area contributed by atoms with E-state index in [4.69, 9.17) is 5.73 Å². The molecule has 0 aliphatic carbocycles. The van der Waals surface area contributed by atoms with E-state index in [1.54, 1.807) is 12.1 Å². The largest absolute Gasteiger partial charge is 0.399 e. The summed E-state index contributed by atoms with van der Waals surface area (Å²) in [6.07, 6.45) is 3.45. The second-order valence-corrected chi connectivity index (χ2v) is 7.70. The van der Waals surface area contributed by atoms with Crippen LogP contribution in [0.25, 0.3) is 0 Å². The fourth-order valence-electron chi connectivity index (χ4n) is 2.50. The normalized spacial score (nSPS) is 21.6. The molecule has 20 heavy (non-hydrogen) atoms. The van der Waals surface area contributed by atoms with Crippen LogP contribution in [0.4, 0.5) is 5.69 Å². The van der Waals surface area contributed by atoms with Crippen molar-refractivity contribution in [2.24, 2.45) is 0 Å². The fraction of sp³-hybridized carbons (Fsp3) is 0.538. The molecule has 1 saturated heterocycles. The maximum atomic E-state index is 12.8. The Morgan fingerprint density at radius 1 is 1.35 bits per heavy atom. The van der Waals surface area contributed by atoms with Gasteiger partial charge < -0.3 is 10.8 Å². The number of hydrogen-bond acceptors (Lipinski definition) is 4. The van der Waals surface area contributed by atoms with Gasteiger partial charge in [0.15, 0.2) is 0 Å². The van der Waals surface area contributed by atoms with Crippen molar-refractivity contribution in [3.05, 3.63) is 22.7 Å². The van der Waals surface area contributed by atoms with Gasteiger partial charge in [-0.3, -0.25) is 0 Å². The summed E-state index contributed by atoms with van der Waals surface area (Å²) >= 11 is 3.26. The van der Waals surface area contributed by atoms with Crippen LogP contribution in [-0.2, 0) is 10.0 Å². The van der Waals surface area contributed by atoms with E-state index < -0.39 is 10.0 Å². The zero-order chi connectivity index (χ0) is 14.8.